The third-order valence-electron chi connectivity index (χ3n) is 3.69. The maximum absolute atomic E-state index is 12.3. The molecule has 28 heavy (non-hydrogen) atoms. The molecule has 2 N–H and O–H groups in total. The zero-order valence-corrected chi connectivity index (χ0v) is 16.7. The van der Waals surface area contributed by atoms with Crippen molar-refractivity contribution in [2.45, 2.75) is 13.8 Å². The molecule has 0 atom stereocenters. The number of anilines is 2. The molecule has 0 saturated carbocycles. The zero-order chi connectivity index (χ0) is 20.5. The van der Waals surface area contributed by atoms with Crippen LogP contribution in [0.3, 0.4) is 0 Å². The van der Waals surface area contributed by atoms with Crippen LogP contribution in [-0.4, -0.2) is 50.6 Å². The Balaban J connectivity index is 1.96. The molecular formula is C21H27N3O4. The van der Waals surface area contributed by atoms with Gasteiger partial charge in [0.15, 0.2) is 6.61 Å². The van der Waals surface area contributed by atoms with E-state index in [2.05, 4.69) is 10.6 Å². The predicted molar refractivity (Wildman–Crippen MR) is 110 cm³/mol. The van der Waals surface area contributed by atoms with Crippen molar-refractivity contribution in [1.82, 2.24) is 4.90 Å². The Morgan fingerprint density at radius 2 is 1.50 bits per heavy atom. The number of ether oxygens (including phenoxy) is 2. The Morgan fingerprint density at radius 1 is 0.893 bits per heavy atom. The lowest BCUT2D eigenvalue weighted by Crippen LogP contribution is -2.28. The topological polar surface area (TPSA) is 79.9 Å². The van der Waals surface area contributed by atoms with E-state index >= 15 is 0 Å². The first-order valence-electron chi connectivity index (χ1n) is 9.08. The van der Waals surface area contributed by atoms with E-state index in [1.54, 1.807) is 41.3 Å². The summed E-state index contributed by atoms with van der Waals surface area (Å²) < 4.78 is 10.9. The lowest BCUT2D eigenvalue weighted by Gasteiger charge is -2.15. The molecule has 7 heteroatoms. The first-order chi connectivity index (χ1) is 13.4. The molecular weight excluding hydrogens is 358 g/mol. The van der Waals surface area contributed by atoms with Gasteiger partial charge in [0.2, 0.25) is 5.91 Å². The lowest BCUT2D eigenvalue weighted by atomic mass is 10.2. The molecule has 2 aromatic carbocycles. The number of hydrogen-bond donors (Lipinski definition) is 2. The Hall–Kier alpha value is -3.06. The van der Waals surface area contributed by atoms with E-state index in [1.165, 1.54) is 0 Å². The van der Waals surface area contributed by atoms with E-state index < -0.39 is 0 Å². The van der Waals surface area contributed by atoms with Crippen molar-refractivity contribution in [3.05, 3.63) is 48.0 Å². The van der Waals surface area contributed by atoms with Gasteiger partial charge in [0.25, 0.3) is 5.91 Å². The predicted octanol–water partition coefficient (Wildman–Crippen LogP) is 2.91. The summed E-state index contributed by atoms with van der Waals surface area (Å²) in [6, 6.07) is 12.5. The fraction of sp³-hybridized carbons (Fsp3) is 0.333. The fourth-order valence-electron chi connectivity index (χ4n) is 2.48. The van der Waals surface area contributed by atoms with Crippen molar-refractivity contribution in [1.29, 1.82) is 0 Å². The molecule has 0 radical (unpaired) electrons. The fourth-order valence-corrected chi connectivity index (χ4v) is 2.48. The van der Waals surface area contributed by atoms with Crippen molar-refractivity contribution in [2.24, 2.45) is 0 Å². The van der Waals surface area contributed by atoms with Crippen LogP contribution in [0.15, 0.2) is 42.5 Å². The quantitative estimate of drug-likeness (QED) is 0.694. The molecule has 0 heterocycles. The largest absolute Gasteiger partial charge is 0.494 e. The number of amides is 2. The van der Waals surface area contributed by atoms with E-state index in [-0.39, 0.29) is 25.0 Å². The summed E-state index contributed by atoms with van der Waals surface area (Å²) in [4.78, 5) is 26.1. The van der Waals surface area contributed by atoms with Gasteiger partial charge in [0, 0.05) is 0 Å². The number of rotatable bonds is 9. The molecule has 0 bridgehead atoms. The average Bonchev–Trinajstić information content (AvgIpc) is 2.63. The number of hydrogen-bond acceptors (Lipinski definition) is 5. The lowest BCUT2D eigenvalue weighted by molar-refractivity contribution is -0.118. The van der Waals surface area contributed by atoms with Crippen molar-refractivity contribution in [3.63, 3.8) is 0 Å². The molecule has 0 spiro atoms. The molecule has 150 valence electrons. The van der Waals surface area contributed by atoms with E-state index in [9.17, 15) is 9.59 Å². The molecule has 2 aromatic rings. The molecule has 0 aliphatic carbocycles. The van der Waals surface area contributed by atoms with Gasteiger partial charge in [0.1, 0.15) is 11.5 Å². The average molecular weight is 385 g/mol. The normalized spacial score (nSPS) is 10.5. The van der Waals surface area contributed by atoms with Crippen LogP contribution < -0.4 is 20.1 Å². The number of aryl methyl sites for hydroxylation is 1. The van der Waals surface area contributed by atoms with Gasteiger partial charge in [0.05, 0.1) is 24.5 Å². The van der Waals surface area contributed by atoms with Crippen LogP contribution in [0.2, 0.25) is 0 Å². The van der Waals surface area contributed by atoms with Gasteiger partial charge in [-0.1, -0.05) is 6.07 Å². The van der Waals surface area contributed by atoms with Crippen molar-refractivity contribution in [2.75, 3.05) is 44.5 Å². The number of carbonyl (C=O) groups excluding carboxylic acids is 2. The minimum atomic E-state index is -0.317. The summed E-state index contributed by atoms with van der Waals surface area (Å²) in [5.41, 5.74) is 2.05. The molecule has 0 aliphatic heterocycles. The molecule has 2 rings (SSSR count). The minimum Gasteiger partial charge on any atom is -0.494 e. The van der Waals surface area contributed by atoms with E-state index in [0.29, 0.717) is 23.7 Å². The van der Waals surface area contributed by atoms with E-state index in [0.717, 1.165) is 11.3 Å². The molecule has 7 nitrogen and oxygen atoms in total. The van der Waals surface area contributed by atoms with Gasteiger partial charge >= 0.3 is 0 Å². The minimum absolute atomic E-state index is 0.146. The summed E-state index contributed by atoms with van der Waals surface area (Å²) in [5, 5.41) is 5.61. The number of likely N-dealkylation sites (N-methyl/N-ethyl adjacent to an activating group) is 1. The zero-order valence-electron chi connectivity index (χ0n) is 16.7. The molecule has 0 unspecified atom stereocenters. The third-order valence-corrected chi connectivity index (χ3v) is 3.69. The first-order valence-corrected chi connectivity index (χ1v) is 9.08. The van der Waals surface area contributed by atoms with Crippen LogP contribution >= 0.6 is 0 Å². The first kappa shape index (κ1) is 21.2. The number of nitrogens with zero attached hydrogens (tertiary/aromatic N) is 1. The Labute approximate surface area is 165 Å². The Kier molecular flexibility index (Phi) is 7.83. The van der Waals surface area contributed by atoms with Gasteiger partial charge in [-0.25, -0.2) is 0 Å². The second-order valence-electron chi connectivity index (χ2n) is 6.58. The van der Waals surface area contributed by atoms with Crippen LogP contribution in [0.4, 0.5) is 11.4 Å². The molecule has 2 amide bonds. The SMILES string of the molecule is CCOc1ccc(OCC(=O)Nc2cc(C)ccc2NC(=O)CN(C)C)cc1. The van der Waals surface area contributed by atoms with Gasteiger partial charge in [-0.15, -0.1) is 0 Å². The number of carbonyl (C=O) groups is 2. The Morgan fingerprint density at radius 3 is 2.11 bits per heavy atom. The van der Waals surface area contributed by atoms with Crippen molar-refractivity contribution in [3.8, 4) is 11.5 Å². The monoisotopic (exact) mass is 385 g/mol. The van der Waals surface area contributed by atoms with Gasteiger partial charge < -0.3 is 25.0 Å². The smallest absolute Gasteiger partial charge is 0.262 e. The molecule has 0 aromatic heterocycles. The summed E-state index contributed by atoms with van der Waals surface area (Å²) in [6.45, 7) is 4.52. The van der Waals surface area contributed by atoms with Crippen molar-refractivity contribution >= 4 is 23.2 Å². The van der Waals surface area contributed by atoms with E-state index in [1.807, 2.05) is 34.0 Å². The van der Waals surface area contributed by atoms with Crippen LogP contribution in [0.5, 0.6) is 11.5 Å². The molecule has 0 fully saturated rings. The van der Waals surface area contributed by atoms with Gasteiger partial charge in [-0.05, 0) is 69.9 Å². The molecule has 0 saturated heterocycles. The molecule has 0 aliphatic rings. The van der Waals surface area contributed by atoms with Gasteiger partial charge in [-0.3, -0.25) is 9.59 Å². The van der Waals surface area contributed by atoms with E-state index in [4.69, 9.17) is 9.47 Å². The summed E-state index contributed by atoms with van der Waals surface area (Å²) in [5.74, 6) is 0.845. The van der Waals surface area contributed by atoms with Crippen LogP contribution in [0.25, 0.3) is 0 Å². The third kappa shape index (κ3) is 6.92. The highest BCUT2D eigenvalue weighted by Gasteiger charge is 2.11. The summed E-state index contributed by atoms with van der Waals surface area (Å²) in [6.07, 6.45) is 0. The second-order valence-corrected chi connectivity index (χ2v) is 6.58. The second kappa shape index (κ2) is 10.3. The van der Waals surface area contributed by atoms with Crippen LogP contribution in [0.1, 0.15) is 12.5 Å². The highest BCUT2D eigenvalue weighted by atomic mass is 16.5. The number of benzene rings is 2. The standard InChI is InChI=1S/C21H27N3O4/c1-5-27-16-7-9-17(10-8-16)28-14-21(26)23-19-12-15(2)6-11-18(19)22-20(25)13-24(3)4/h6-12H,5,13-14H2,1-4H3,(H,22,25)(H,23,26). The summed E-state index contributed by atoms with van der Waals surface area (Å²) >= 11 is 0. The Bertz CT molecular complexity index is 804. The highest BCUT2D eigenvalue weighted by Crippen LogP contribution is 2.23. The van der Waals surface area contributed by atoms with Crippen LogP contribution in [0, 0.1) is 6.92 Å². The maximum atomic E-state index is 12.3. The van der Waals surface area contributed by atoms with Crippen molar-refractivity contribution < 1.29 is 19.1 Å². The van der Waals surface area contributed by atoms with Gasteiger partial charge in [-0.2, -0.15) is 0 Å². The number of nitrogens with one attached hydrogen (secondary N) is 2. The van der Waals surface area contributed by atoms with Crippen LogP contribution in [-0.2, 0) is 9.59 Å². The maximum Gasteiger partial charge on any atom is 0.262 e. The highest BCUT2D eigenvalue weighted by molar-refractivity contribution is 6.00. The summed E-state index contributed by atoms with van der Waals surface area (Å²) in [7, 11) is 3.63.